The van der Waals surface area contributed by atoms with Gasteiger partial charge in [-0.2, -0.15) is 0 Å². The molecule has 2 aliphatic heterocycles. The summed E-state index contributed by atoms with van der Waals surface area (Å²) in [5, 5.41) is 0. The fraction of sp³-hybridized carbons (Fsp3) is 0.867. The van der Waals surface area contributed by atoms with E-state index >= 15 is 0 Å². The molecule has 2 rings (SSSR count). The van der Waals surface area contributed by atoms with Gasteiger partial charge in [0.2, 0.25) is 0 Å². The van der Waals surface area contributed by atoms with Crippen LogP contribution in [0, 0.1) is 11.8 Å². The van der Waals surface area contributed by atoms with E-state index in [1.807, 2.05) is 13.8 Å². The maximum atomic E-state index is 12.2. The van der Waals surface area contributed by atoms with Crippen LogP contribution in [0.2, 0.25) is 0 Å². The third-order valence-electron chi connectivity index (χ3n) is 3.76. The van der Waals surface area contributed by atoms with Crippen LogP contribution in [0.4, 0.5) is 0 Å². The summed E-state index contributed by atoms with van der Waals surface area (Å²) in [5.74, 6) is -1.53. The van der Waals surface area contributed by atoms with Gasteiger partial charge in [0.1, 0.15) is 25.4 Å². The highest BCUT2D eigenvalue weighted by atomic mass is 16.6. The van der Waals surface area contributed by atoms with Gasteiger partial charge < -0.3 is 18.9 Å². The fourth-order valence-electron chi connectivity index (χ4n) is 2.30. The van der Waals surface area contributed by atoms with E-state index in [1.54, 1.807) is 0 Å². The Bertz CT molecular complexity index is 361. The van der Waals surface area contributed by atoms with Crippen molar-refractivity contribution in [3.05, 3.63) is 0 Å². The molecule has 0 aromatic heterocycles. The van der Waals surface area contributed by atoms with Crippen molar-refractivity contribution in [2.75, 3.05) is 26.4 Å². The van der Waals surface area contributed by atoms with E-state index in [9.17, 15) is 9.59 Å². The van der Waals surface area contributed by atoms with E-state index in [0.717, 1.165) is 6.42 Å². The Hall–Kier alpha value is -1.14. The van der Waals surface area contributed by atoms with Gasteiger partial charge in [0.15, 0.2) is 0 Å². The van der Waals surface area contributed by atoms with Crippen molar-refractivity contribution in [1.29, 1.82) is 0 Å². The lowest BCUT2D eigenvalue weighted by atomic mass is 9.86. The summed E-state index contributed by atoms with van der Waals surface area (Å²) in [5.41, 5.74) is 0. The van der Waals surface area contributed by atoms with Gasteiger partial charge in [-0.25, -0.2) is 0 Å². The van der Waals surface area contributed by atoms with Gasteiger partial charge in [-0.05, 0) is 12.8 Å². The highest BCUT2D eigenvalue weighted by molar-refractivity contribution is 5.82. The molecule has 120 valence electrons. The van der Waals surface area contributed by atoms with Crippen LogP contribution in [0.1, 0.15) is 33.1 Å². The number of carbonyl (C=O) groups is 2. The molecule has 4 atom stereocenters. The van der Waals surface area contributed by atoms with Gasteiger partial charge in [0.05, 0.1) is 25.0 Å². The van der Waals surface area contributed by atoms with Crippen molar-refractivity contribution in [3.8, 4) is 0 Å². The monoisotopic (exact) mass is 300 g/mol. The van der Waals surface area contributed by atoms with Gasteiger partial charge in [0.25, 0.3) is 0 Å². The average Bonchev–Trinajstić information content (AvgIpc) is 3.37. The predicted octanol–water partition coefficient (Wildman–Crippen LogP) is 1.31. The van der Waals surface area contributed by atoms with Crippen molar-refractivity contribution in [2.24, 2.45) is 11.8 Å². The standard InChI is InChI=1S/C15H24O6/c1-3-5-13(15(17)21-9-11-7-19-11)12(4-2)14(16)20-8-10-6-18-10/h10-13H,3-9H2,1-2H3. The molecule has 0 aliphatic carbocycles. The number of hydrogen-bond donors (Lipinski definition) is 0. The number of carbonyl (C=O) groups excluding carboxylic acids is 2. The molecular formula is C15H24O6. The molecule has 2 saturated heterocycles. The Morgan fingerprint density at radius 1 is 1.00 bits per heavy atom. The zero-order valence-electron chi connectivity index (χ0n) is 12.7. The zero-order chi connectivity index (χ0) is 15.2. The zero-order valence-corrected chi connectivity index (χ0v) is 12.7. The SMILES string of the molecule is CCCC(C(=O)OCC1CO1)C(CC)C(=O)OCC1CO1. The molecule has 0 N–H and O–H groups in total. The molecule has 2 heterocycles. The Balaban J connectivity index is 1.86. The summed E-state index contributed by atoms with van der Waals surface area (Å²) >= 11 is 0. The highest BCUT2D eigenvalue weighted by Crippen LogP contribution is 2.25. The van der Waals surface area contributed by atoms with Gasteiger partial charge >= 0.3 is 11.9 Å². The molecule has 2 aliphatic rings. The number of rotatable bonds is 10. The maximum Gasteiger partial charge on any atom is 0.309 e. The second-order valence-corrected chi connectivity index (χ2v) is 5.58. The van der Waals surface area contributed by atoms with Crippen LogP contribution in [0.5, 0.6) is 0 Å². The second-order valence-electron chi connectivity index (χ2n) is 5.58. The normalized spacial score (nSPS) is 25.8. The van der Waals surface area contributed by atoms with E-state index < -0.39 is 11.8 Å². The van der Waals surface area contributed by atoms with Gasteiger partial charge in [0, 0.05) is 0 Å². The quantitative estimate of drug-likeness (QED) is 0.447. The summed E-state index contributed by atoms with van der Waals surface area (Å²) in [6, 6.07) is 0. The van der Waals surface area contributed by atoms with E-state index in [-0.39, 0.29) is 37.4 Å². The summed E-state index contributed by atoms with van der Waals surface area (Å²) < 4.78 is 20.5. The Morgan fingerprint density at radius 2 is 1.48 bits per heavy atom. The van der Waals surface area contributed by atoms with Crippen LogP contribution in [-0.4, -0.2) is 50.6 Å². The Morgan fingerprint density at radius 3 is 1.86 bits per heavy atom. The van der Waals surface area contributed by atoms with E-state index in [1.165, 1.54) is 0 Å². The lowest BCUT2D eigenvalue weighted by Gasteiger charge is -2.22. The van der Waals surface area contributed by atoms with Crippen LogP contribution in [-0.2, 0) is 28.5 Å². The van der Waals surface area contributed by atoms with Crippen LogP contribution >= 0.6 is 0 Å². The molecule has 0 aromatic carbocycles. The molecule has 6 heteroatoms. The average molecular weight is 300 g/mol. The largest absolute Gasteiger partial charge is 0.463 e. The highest BCUT2D eigenvalue weighted by Gasteiger charge is 2.36. The van der Waals surface area contributed by atoms with E-state index in [4.69, 9.17) is 18.9 Å². The molecule has 0 aromatic rings. The molecule has 0 saturated carbocycles. The third kappa shape index (κ3) is 5.28. The van der Waals surface area contributed by atoms with E-state index in [0.29, 0.717) is 26.1 Å². The van der Waals surface area contributed by atoms with Crippen molar-refractivity contribution >= 4 is 11.9 Å². The number of esters is 2. The smallest absolute Gasteiger partial charge is 0.309 e. The van der Waals surface area contributed by atoms with Crippen LogP contribution in [0.25, 0.3) is 0 Å². The molecule has 0 radical (unpaired) electrons. The maximum absolute atomic E-state index is 12.2. The molecule has 21 heavy (non-hydrogen) atoms. The van der Waals surface area contributed by atoms with Crippen LogP contribution in [0.15, 0.2) is 0 Å². The summed E-state index contributed by atoms with van der Waals surface area (Å²) in [6.45, 7) is 5.72. The lowest BCUT2D eigenvalue weighted by Crippen LogP contribution is -2.33. The fourth-order valence-corrected chi connectivity index (χ4v) is 2.30. The predicted molar refractivity (Wildman–Crippen MR) is 73.6 cm³/mol. The first kappa shape index (κ1) is 16.2. The first-order valence-electron chi connectivity index (χ1n) is 7.72. The van der Waals surface area contributed by atoms with Crippen molar-refractivity contribution in [1.82, 2.24) is 0 Å². The molecule has 6 nitrogen and oxygen atoms in total. The molecule has 4 unspecified atom stereocenters. The van der Waals surface area contributed by atoms with Crippen molar-refractivity contribution in [2.45, 2.75) is 45.3 Å². The number of ether oxygens (including phenoxy) is 4. The van der Waals surface area contributed by atoms with Crippen molar-refractivity contribution in [3.63, 3.8) is 0 Å². The Kier molecular flexibility index (Phi) is 5.99. The van der Waals surface area contributed by atoms with Crippen LogP contribution in [0.3, 0.4) is 0 Å². The minimum absolute atomic E-state index is 0.0371. The van der Waals surface area contributed by atoms with Gasteiger partial charge in [-0.1, -0.05) is 20.3 Å². The van der Waals surface area contributed by atoms with E-state index in [2.05, 4.69) is 0 Å². The topological polar surface area (TPSA) is 77.7 Å². The van der Waals surface area contributed by atoms with Gasteiger partial charge in [-0.15, -0.1) is 0 Å². The first-order valence-corrected chi connectivity index (χ1v) is 7.72. The van der Waals surface area contributed by atoms with Gasteiger partial charge in [-0.3, -0.25) is 9.59 Å². The number of epoxide rings is 2. The molecule has 0 amide bonds. The lowest BCUT2D eigenvalue weighted by molar-refractivity contribution is -0.162. The Labute approximate surface area is 125 Å². The summed E-state index contributed by atoms with van der Waals surface area (Å²) in [6.07, 6.45) is 2.07. The minimum Gasteiger partial charge on any atom is -0.463 e. The molecule has 0 bridgehead atoms. The molecule has 2 fully saturated rings. The van der Waals surface area contributed by atoms with Crippen LogP contribution < -0.4 is 0 Å². The molecule has 0 spiro atoms. The second kappa shape index (κ2) is 7.75. The summed E-state index contributed by atoms with van der Waals surface area (Å²) in [7, 11) is 0. The third-order valence-corrected chi connectivity index (χ3v) is 3.76. The van der Waals surface area contributed by atoms with Crippen molar-refractivity contribution < 1.29 is 28.5 Å². The molecular weight excluding hydrogens is 276 g/mol. The first-order chi connectivity index (χ1) is 10.2. The summed E-state index contributed by atoms with van der Waals surface area (Å²) in [4.78, 5) is 24.4. The minimum atomic E-state index is -0.448. The number of hydrogen-bond acceptors (Lipinski definition) is 6.